The predicted molar refractivity (Wildman–Crippen MR) is 143 cm³/mol. The number of ether oxygens (including phenoxy) is 1. The monoisotopic (exact) mass is 474 g/mol. The normalized spacial score (nSPS) is 12.5. The van der Waals surface area contributed by atoms with Gasteiger partial charge in [-0.3, -0.25) is 0 Å². The minimum atomic E-state index is -1.10. The summed E-state index contributed by atoms with van der Waals surface area (Å²) in [6, 6.07) is 15.7. The topological polar surface area (TPSA) is 105 Å². The van der Waals surface area contributed by atoms with Gasteiger partial charge in [0, 0.05) is 66.7 Å². The smallest absolute Gasteiger partial charge is 0.338 e. The number of benzene rings is 3. The van der Waals surface area contributed by atoms with Gasteiger partial charge >= 0.3 is 5.97 Å². The molecule has 3 aromatic rings. The first-order valence-corrected chi connectivity index (χ1v) is 12.2. The van der Waals surface area contributed by atoms with E-state index in [1.807, 2.05) is 24.3 Å². The van der Waals surface area contributed by atoms with E-state index >= 15 is 0 Å². The Balaban J connectivity index is 1.97. The van der Waals surface area contributed by atoms with Crippen LogP contribution < -0.4 is 26.0 Å². The molecule has 0 fully saturated rings. The number of hydrogen-bond donors (Lipinski definition) is 3. The number of carboxylic acid groups (broad SMARTS) is 1. The van der Waals surface area contributed by atoms with E-state index in [9.17, 15) is 9.90 Å². The van der Waals surface area contributed by atoms with Crippen molar-refractivity contribution >= 4 is 28.7 Å². The molecule has 1 aliphatic rings. The van der Waals surface area contributed by atoms with Gasteiger partial charge in [0.15, 0.2) is 0 Å². The molecule has 0 atom stereocenters. The highest BCUT2D eigenvalue weighted by Crippen LogP contribution is 2.50. The molecular weight excluding hydrogens is 440 g/mol. The Morgan fingerprint density at radius 1 is 0.800 bits per heavy atom. The van der Waals surface area contributed by atoms with Crippen LogP contribution in [0.3, 0.4) is 0 Å². The number of hydrogen-bond acceptors (Lipinski definition) is 6. The number of aromatic carboxylic acids is 1. The molecule has 7 heteroatoms. The van der Waals surface area contributed by atoms with Crippen molar-refractivity contribution in [3.63, 3.8) is 0 Å². The lowest BCUT2D eigenvalue weighted by molar-refractivity contribution is 0.0696. The van der Waals surface area contributed by atoms with Crippen LogP contribution in [0.4, 0.5) is 22.7 Å². The molecule has 1 heterocycles. The average Bonchev–Trinajstić information content (AvgIpc) is 2.85. The summed E-state index contributed by atoms with van der Waals surface area (Å²) in [4.78, 5) is 16.8. The first-order valence-electron chi connectivity index (χ1n) is 12.2. The van der Waals surface area contributed by atoms with Crippen LogP contribution in [0.5, 0.6) is 11.5 Å². The van der Waals surface area contributed by atoms with Crippen LogP contribution in [0.1, 0.15) is 60.7 Å². The number of rotatable bonds is 8. The third-order valence-electron chi connectivity index (χ3n) is 6.93. The number of nitrogens with two attached hydrogens (primary N) is 2. The lowest BCUT2D eigenvalue weighted by Crippen LogP contribution is -2.23. The van der Waals surface area contributed by atoms with E-state index in [0.29, 0.717) is 5.56 Å². The van der Waals surface area contributed by atoms with Crippen molar-refractivity contribution in [3.8, 4) is 11.5 Å². The third-order valence-corrected chi connectivity index (χ3v) is 6.93. The number of fused-ring (bicyclic) bond motifs is 2. The molecule has 3 aromatic carbocycles. The summed E-state index contributed by atoms with van der Waals surface area (Å²) in [7, 11) is 0. The van der Waals surface area contributed by atoms with E-state index in [1.165, 1.54) is 0 Å². The van der Waals surface area contributed by atoms with E-state index in [1.54, 1.807) is 12.1 Å². The van der Waals surface area contributed by atoms with Crippen molar-refractivity contribution in [1.29, 1.82) is 0 Å². The van der Waals surface area contributed by atoms with Gasteiger partial charge in [-0.15, -0.1) is 0 Å². The van der Waals surface area contributed by atoms with Crippen LogP contribution in [-0.2, 0) is 0 Å². The molecule has 0 amide bonds. The van der Waals surface area contributed by atoms with E-state index in [-0.39, 0.29) is 22.9 Å². The van der Waals surface area contributed by atoms with Gasteiger partial charge in [-0.05, 0) is 51.5 Å². The molecular formula is C28H34N4O3. The molecule has 0 unspecified atom stereocenters. The van der Waals surface area contributed by atoms with Crippen molar-refractivity contribution in [2.24, 2.45) is 0 Å². The van der Waals surface area contributed by atoms with Crippen LogP contribution in [0.15, 0.2) is 48.5 Å². The zero-order chi connectivity index (χ0) is 25.3. The second kappa shape index (κ2) is 9.78. The van der Waals surface area contributed by atoms with Crippen LogP contribution in [0.25, 0.3) is 0 Å². The summed E-state index contributed by atoms with van der Waals surface area (Å²) in [5.41, 5.74) is 17.1. The third kappa shape index (κ3) is 4.22. The van der Waals surface area contributed by atoms with Gasteiger partial charge < -0.3 is 31.1 Å². The molecule has 4 rings (SSSR count). The quantitative estimate of drug-likeness (QED) is 0.288. The molecule has 5 N–H and O–H groups in total. The number of nitrogen functional groups attached to an aromatic ring is 2. The molecule has 7 nitrogen and oxygen atoms in total. The Morgan fingerprint density at radius 2 is 1.26 bits per heavy atom. The molecule has 0 saturated heterocycles. The van der Waals surface area contributed by atoms with Crippen molar-refractivity contribution in [1.82, 2.24) is 0 Å². The highest BCUT2D eigenvalue weighted by Gasteiger charge is 2.33. The molecule has 0 saturated carbocycles. The van der Waals surface area contributed by atoms with Crippen LogP contribution in [0.2, 0.25) is 0 Å². The molecule has 0 radical (unpaired) electrons. The van der Waals surface area contributed by atoms with Crippen LogP contribution in [-0.4, -0.2) is 37.3 Å². The number of nitrogens with zero attached hydrogens (tertiary/aromatic N) is 2. The van der Waals surface area contributed by atoms with E-state index in [2.05, 4.69) is 49.6 Å². The molecule has 0 bridgehead atoms. The van der Waals surface area contributed by atoms with Crippen LogP contribution in [0, 0.1) is 0 Å². The lowest BCUT2D eigenvalue weighted by atomic mass is 9.80. The van der Waals surface area contributed by atoms with Gasteiger partial charge in [-0.1, -0.05) is 18.2 Å². The first kappa shape index (κ1) is 24.3. The van der Waals surface area contributed by atoms with Gasteiger partial charge in [0.05, 0.1) is 16.9 Å². The highest BCUT2D eigenvalue weighted by molar-refractivity contribution is 5.99. The van der Waals surface area contributed by atoms with Crippen LogP contribution >= 0.6 is 0 Å². The maximum Gasteiger partial charge on any atom is 0.338 e. The summed E-state index contributed by atoms with van der Waals surface area (Å²) in [6.45, 7) is 12.0. The molecule has 0 aromatic heterocycles. The molecule has 0 spiro atoms. The van der Waals surface area contributed by atoms with Crippen molar-refractivity contribution < 1.29 is 14.6 Å². The molecule has 35 heavy (non-hydrogen) atoms. The largest absolute Gasteiger partial charge is 0.478 e. The number of carbonyl (C=O) groups is 1. The fraction of sp³-hybridized carbons (Fsp3) is 0.321. The minimum Gasteiger partial charge on any atom is -0.478 e. The van der Waals surface area contributed by atoms with Crippen molar-refractivity contribution in [2.45, 2.75) is 33.6 Å². The molecule has 184 valence electrons. The Labute approximate surface area is 206 Å². The zero-order valence-electron chi connectivity index (χ0n) is 20.8. The predicted octanol–water partition coefficient (Wildman–Crippen LogP) is 5.53. The Bertz CT molecular complexity index is 1190. The lowest BCUT2D eigenvalue weighted by Gasteiger charge is -2.32. The van der Waals surface area contributed by atoms with E-state index in [0.717, 1.165) is 60.2 Å². The first-order chi connectivity index (χ1) is 16.8. The fourth-order valence-electron chi connectivity index (χ4n) is 5.02. The maximum atomic E-state index is 12.3. The summed E-state index contributed by atoms with van der Waals surface area (Å²) in [5.74, 6) is -0.0242. The maximum absolute atomic E-state index is 12.3. The van der Waals surface area contributed by atoms with E-state index < -0.39 is 5.97 Å². The van der Waals surface area contributed by atoms with Crippen molar-refractivity contribution in [2.75, 3.05) is 47.4 Å². The number of anilines is 4. The minimum absolute atomic E-state index is 0.0365. The van der Waals surface area contributed by atoms with Gasteiger partial charge in [0.2, 0.25) is 0 Å². The standard InChI is InChI=1S/C28H34N4O3/c1-5-31(6-2)17-9-11-19-23(15-17)35-24-16-18(32(7-3)8-4)10-12-20(24)25(19)21-13-14-22(29)27(30)26(21)28(33)34/h9-16,25H,5-8,29-30H2,1-4H3,(H,33,34). The van der Waals surface area contributed by atoms with E-state index in [4.69, 9.17) is 16.2 Å². The SMILES string of the molecule is CCN(CC)c1ccc2c(c1)Oc1cc(N(CC)CC)ccc1C2c1ccc(N)c(N)c1C(=O)O. The number of carboxylic acids is 1. The van der Waals surface area contributed by atoms with Gasteiger partial charge in [0.25, 0.3) is 0 Å². The summed E-state index contributed by atoms with van der Waals surface area (Å²) in [5, 5.41) is 10.1. The van der Waals surface area contributed by atoms with Crippen molar-refractivity contribution in [3.05, 3.63) is 70.8 Å². The van der Waals surface area contributed by atoms with Gasteiger partial charge in [0.1, 0.15) is 11.5 Å². The summed E-state index contributed by atoms with van der Waals surface area (Å²) in [6.07, 6.45) is 0. The molecule has 0 aliphatic carbocycles. The second-order valence-corrected chi connectivity index (χ2v) is 8.66. The zero-order valence-corrected chi connectivity index (χ0v) is 20.8. The summed E-state index contributed by atoms with van der Waals surface area (Å²) < 4.78 is 6.49. The van der Waals surface area contributed by atoms with Gasteiger partial charge in [-0.2, -0.15) is 0 Å². The Morgan fingerprint density at radius 3 is 1.69 bits per heavy atom. The fourth-order valence-corrected chi connectivity index (χ4v) is 5.02. The highest BCUT2D eigenvalue weighted by atomic mass is 16.5. The molecule has 1 aliphatic heterocycles. The average molecular weight is 475 g/mol. The second-order valence-electron chi connectivity index (χ2n) is 8.66. The Kier molecular flexibility index (Phi) is 6.78. The Hall–Kier alpha value is -3.87. The summed E-state index contributed by atoms with van der Waals surface area (Å²) >= 11 is 0. The van der Waals surface area contributed by atoms with Gasteiger partial charge in [-0.25, -0.2) is 4.79 Å².